The van der Waals surface area contributed by atoms with Crippen LogP contribution < -0.4 is 15.4 Å². The van der Waals surface area contributed by atoms with E-state index < -0.39 is 14.9 Å². The number of aromatic nitrogens is 2. The maximum atomic E-state index is 12.6. The summed E-state index contributed by atoms with van der Waals surface area (Å²) in [6.07, 6.45) is 0. The highest BCUT2D eigenvalue weighted by Gasteiger charge is 2.17. The molecule has 4 rings (SSSR count). The first-order chi connectivity index (χ1) is 16.7. The Morgan fingerprint density at radius 2 is 1.31 bits per heavy atom. The summed E-state index contributed by atoms with van der Waals surface area (Å²) in [5.41, 5.74) is 2.75. The molecule has 0 radical (unpaired) electrons. The number of nitro groups is 1. The number of non-ortho nitro benzene ring substituents is 1. The number of benzene rings is 3. The van der Waals surface area contributed by atoms with Gasteiger partial charge < -0.3 is 10.6 Å². The highest BCUT2D eigenvalue weighted by Crippen LogP contribution is 2.24. The first-order valence-corrected chi connectivity index (χ1v) is 12.0. The molecule has 10 nitrogen and oxygen atoms in total. The molecule has 3 aromatic carbocycles. The first kappa shape index (κ1) is 23.6. The van der Waals surface area contributed by atoms with Crippen LogP contribution >= 0.6 is 0 Å². The van der Waals surface area contributed by atoms with Crippen molar-refractivity contribution in [2.45, 2.75) is 18.7 Å². The molecule has 0 saturated heterocycles. The summed E-state index contributed by atoms with van der Waals surface area (Å²) in [6.45, 7) is 3.81. The van der Waals surface area contributed by atoms with Gasteiger partial charge in [-0.3, -0.25) is 14.8 Å². The van der Waals surface area contributed by atoms with Crippen LogP contribution in [0.2, 0.25) is 0 Å². The summed E-state index contributed by atoms with van der Waals surface area (Å²) in [5, 5.41) is 17.4. The van der Waals surface area contributed by atoms with Crippen LogP contribution in [0.15, 0.2) is 83.8 Å². The highest BCUT2D eigenvalue weighted by molar-refractivity contribution is 7.92. The predicted molar refractivity (Wildman–Crippen MR) is 135 cm³/mol. The molecule has 0 aliphatic carbocycles. The van der Waals surface area contributed by atoms with Gasteiger partial charge in [-0.15, -0.1) is 0 Å². The van der Waals surface area contributed by atoms with Crippen molar-refractivity contribution in [2.24, 2.45) is 0 Å². The fourth-order valence-electron chi connectivity index (χ4n) is 3.23. The molecule has 4 aromatic rings. The number of anilines is 5. The molecule has 0 spiro atoms. The van der Waals surface area contributed by atoms with E-state index in [1.807, 2.05) is 31.2 Å². The quantitative estimate of drug-likeness (QED) is 0.224. The van der Waals surface area contributed by atoms with Gasteiger partial charge >= 0.3 is 0 Å². The molecule has 0 aliphatic heterocycles. The molecule has 1 heterocycles. The zero-order chi connectivity index (χ0) is 25.0. The van der Waals surface area contributed by atoms with Crippen molar-refractivity contribution in [3.05, 3.63) is 100 Å². The predicted octanol–water partition coefficient (Wildman–Crippen LogP) is 5.29. The second-order valence-electron chi connectivity index (χ2n) is 7.74. The monoisotopic (exact) mass is 490 g/mol. The average Bonchev–Trinajstić information content (AvgIpc) is 2.81. The lowest BCUT2D eigenvalue weighted by atomic mass is 10.2. The van der Waals surface area contributed by atoms with Gasteiger partial charge in [0.25, 0.3) is 15.7 Å². The summed E-state index contributed by atoms with van der Waals surface area (Å²) < 4.78 is 27.7. The minimum atomic E-state index is -3.99. The third-order valence-corrected chi connectivity index (χ3v) is 6.29. The van der Waals surface area contributed by atoms with Crippen LogP contribution in [0.1, 0.15) is 11.4 Å². The van der Waals surface area contributed by atoms with Gasteiger partial charge in [0.05, 0.1) is 9.82 Å². The van der Waals surface area contributed by atoms with E-state index >= 15 is 0 Å². The summed E-state index contributed by atoms with van der Waals surface area (Å²) in [4.78, 5) is 18.9. The molecule has 0 saturated carbocycles. The molecule has 0 aliphatic rings. The van der Waals surface area contributed by atoms with Crippen molar-refractivity contribution in [1.29, 1.82) is 0 Å². The maximum Gasteiger partial charge on any atom is 0.270 e. The van der Waals surface area contributed by atoms with Gasteiger partial charge in [0.1, 0.15) is 17.5 Å². The van der Waals surface area contributed by atoms with Gasteiger partial charge in [-0.05, 0) is 56.3 Å². The molecule has 178 valence electrons. The standard InChI is InChI=1S/C24H22N6O4S/c1-16-6-8-18(9-7-16)27-23-15-24(26-17(2)25-23)28-19-10-12-20(13-11-19)29-35(33,34)22-5-3-4-21(14-22)30(31)32/h3-15,29H,1-2H3,(H2,25,26,27,28). The van der Waals surface area contributed by atoms with Crippen molar-refractivity contribution in [1.82, 2.24) is 9.97 Å². The molecule has 0 fully saturated rings. The van der Waals surface area contributed by atoms with Crippen LogP contribution in [0.5, 0.6) is 0 Å². The van der Waals surface area contributed by atoms with Crippen molar-refractivity contribution in [2.75, 3.05) is 15.4 Å². The van der Waals surface area contributed by atoms with E-state index in [1.54, 1.807) is 37.3 Å². The molecule has 11 heteroatoms. The number of nitro benzene ring substituents is 1. The third kappa shape index (κ3) is 6.09. The lowest BCUT2D eigenvalue weighted by Gasteiger charge is -2.12. The molecule has 35 heavy (non-hydrogen) atoms. The number of aryl methyl sites for hydroxylation is 2. The van der Waals surface area contributed by atoms with Crippen LogP contribution in [0, 0.1) is 24.0 Å². The van der Waals surface area contributed by atoms with E-state index in [0.29, 0.717) is 28.8 Å². The van der Waals surface area contributed by atoms with E-state index in [9.17, 15) is 18.5 Å². The van der Waals surface area contributed by atoms with Gasteiger partial charge in [0.2, 0.25) is 0 Å². The fourth-order valence-corrected chi connectivity index (χ4v) is 4.33. The van der Waals surface area contributed by atoms with Crippen LogP contribution in [-0.2, 0) is 10.0 Å². The number of nitrogens with one attached hydrogen (secondary N) is 3. The van der Waals surface area contributed by atoms with Crippen molar-refractivity contribution < 1.29 is 13.3 Å². The largest absolute Gasteiger partial charge is 0.340 e. The molecular weight excluding hydrogens is 468 g/mol. The Hall–Kier alpha value is -4.51. The highest BCUT2D eigenvalue weighted by atomic mass is 32.2. The lowest BCUT2D eigenvalue weighted by molar-refractivity contribution is -0.385. The van der Waals surface area contributed by atoms with E-state index in [1.165, 1.54) is 18.2 Å². The summed E-state index contributed by atoms with van der Waals surface area (Å²) >= 11 is 0. The van der Waals surface area contributed by atoms with E-state index in [0.717, 1.165) is 17.3 Å². The number of sulfonamides is 1. The van der Waals surface area contributed by atoms with E-state index in [4.69, 9.17) is 0 Å². The Kier molecular flexibility index (Phi) is 6.60. The minimum Gasteiger partial charge on any atom is -0.340 e. The van der Waals surface area contributed by atoms with Crippen LogP contribution in [0.3, 0.4) is 0 Å². The second kappa shape index (κ2) is 9.77. The number of rotatable bonds is 8. The molecule has 1 aromatic heterocycles. The van der Waals surface area contributed by atoms with Crippen LogP contribution in [-0.4, -0.2) is 23.3 Å². The van der Waals surface area contributed by atoms with Gasteiger partial charge in [-0.2, -0.15) is 0 Å². The first-order valence-electron chi connectivity index (χ1n) is 10.5. The SMILES string of the molecule is Cc1ccc(Nc2cc(Nc3ccc(NS(=O)(=O)c4cccc([N+](=O)[O-])c4)cc3)nc(C)n2)cc1. The number of hydrogen-bond acceptors (Lipinski definition) is 8. The van der Waals surface area contributed by atoms with Crippen molar-refractivity contribution in [3.8, 4) is 0 Å². The minimum absolute atomic E-state index is 0.195. The van der Waals surface area contributed by atoms with Gasteiger partial charge in [0.15, 0.2) is 0 Å². The lowest BCUT2D eigenvalue weighted by Crippen LogP contribution is -2.13. The molecule has 0 amide bonds. The van der Waals surface area contributed by atoms with E-state index in [2.05, 4.69) is 25.3 Å². The number of hydrogen-bond donors (Lipinski definition) is 3. The summed E-state index contributed by atoms with van der Waals surface area (Å²) in [5.74, 6) is 1.77. The fraction of sp³-hybridized carbons (Fsp3) is 0.0833. The molecular formula is C24H22N6O4S. The summed E-state index contributed by atoms with van der Waals surface area (Å²) in [6, 6.07) is 21.1. The second-order valence-corrected chi connectivity index (χ2v) is 9.42. The number of nitrogens with zero attached hydrogens (tertiary/aromatic N) is 3. The normalized spacial score (nSPS) is 11.0. The molecule has 0 bridgehead atoms. The Balaban J connectivity index is 1.46. The average molecular weight is 491 g/mol. The van der Waals surface area contributed by atoms with Gasteiger partial charge in [-0.1, -0.05) is 23.8 Å². The third-order valence-electron chi connectivity index (χ3n) is 4.91. The van der Waals surface area contributed by atoms with Crippen LogP contribution in [0.25, 0.3) is 0 Å². The Labute approximate surface area is 202 Å². The van der Waals surface area contributed by atoms with Crippen molar-refractivity contribution in [3.63, 3.8) is 0 Å². The molecule has 0 unspecified atom stereocenters. The Bertz CT molecular complexity index is 1470. The van der Waals surface area contributed by atoms with Crippen LogP contribution in [0.4, 0.5) is 34.4 Å². The maximum absolute atomic E-state index is 12.6. The van der Waals surface area contributed by atoms with Gasteiger partial charge in [0, 0.05) is 35.3 Å². The smallest absolute Gasteiger partial charge is 0.270 e. The van der Waals surface area contributed by atoms with E-state index in [-0.39, 0.29) is 10.6 Å². The molecule has 3 N–H and O–H groups in total. The van der Waals surface area contributed by atoms with Gasteiger partial charge in [-0.25, -0.2) is 18.4 Å². The molecule has 0 atom stereocenters. The zero-order valence-corrected chi connectivity index (χ0v) is 19.7. The Morgan fingerprint density at radius 1 is 0.771 bits per heavy atom. The zero-order valence-electron chi connectivity index (χ0n) is 18.9. The van der Waals surface area contributed by atoms with Crippen molar-refractivity contribution >= 4 is 44.4 Å². The summed E-state index contributed by atoms with van der Waals surface area (Å²) in [7, 11) is -3.99. The topological polar surface area (TPSA) is 139 Å². The Morgan fingerprint density at radius 3 is 1.89 bits per heavy atom.